The minimum Gasteiger partial charge on any atom is -0.302 e. The number of carbonyl (C=O) groups is 2. The predicted octanol–water partition coefficient (Wildman–Crippen LogP) is 5.34. The lowest BCUT2D eigenvalue weighted by Gasteiger charge is -2.49. The number of anilines is 1. The van der Waals surface area contributed by atoms with Gasteiger partial charge in [-0.05, 0) is 67.4 Å². The first kappa shape index (κ1) is 20.6. The second kappa shape index (κ2) is 6.61. The van der Waals surface area contributed by atoms with Gasteiger partial charge < -0.3 is 10.2 Å². The van der Waals surface area contributed by atoms with Crippen molar-refractivity contribution < 1.29 is 9.59 Å². The summed E-state index contributed by atoms with van der Waals surface area (Å²) in [7, 11) is 0. The van der Waals surface area contributed by atoms with Gasteiger partial charge in [0.25, 0.3) is 11.8 Å². The van der Waals surface area contributed by atoms with E-state index in [4.69, 9.17) is 28.6 Å². The number of nitrogens with zero attached hydrogens (tertiary/aromatic N) is 1. The Labute approximate surface area is 194 Å². The smallest absolute Gasteiger partial charge is 0.264 e. The lowest BCUT2D eigenvalue weighted by atomic mass is 9.65. The minimum absolute atomic E-state index is 0.0164. The van der Waals surface area contributed by atoms with Gasteiger partial charge in [-0.2, -0.15) is 0 Å². The molecule has 1 atom stereocenters. The van der Waals surface area contributed by atoms with Crippen molar-refractivity contribution in [2.24, 2.45) is 0 Å². The van der Waals surface area contributed by atoms with Crippen LogP contribution in [0.2, 0.25) is 10.0 Å². The van der Waals surface area contributed by atoms with E-state index in [1.54, 1.807) is 11.0 Å². The van der Waals surface area contributed by atoms with E-state index in [9.17, 15) is 9.59 Å². The highest BCUT2D eigenvalue weighted by atomic mass is 35.5. The molecule has 2 aromatic rings. The highest BCUT2D eigenvalue weighted by Gasteiger charge is 2.54. The highest BCUT2D eigenvalue weighted by Crippen LogP contribution is 2.57. The third kappa shape index (κ3) is 2.89. The number of carbonyl (C=O) groups excluding carboxylic acids is 2. The molecule has 0 radical (unpaired) electrons. The topological polar surface area (TPSA) is 73.3 Å². The fourth-order valence-electron chi connectivity index (χ4n) is 5.19. The molecule has 0 spiro atoms. The highest BCUT2D eigenvalue weighted by molar-refractivity contribution is 8.18. The Kier molecular flexibility index (Phi) is 4.39. The van der Waals surface area contributed by atoms with Gasteiger partial charge >= 0.3 is 0 Å². The van der Waals surface area contributed by atoms with Crippen LogP contribution in [0.3, 0.4) is 0 Å². The first-order valence-electron chi connectivity index (χ1n) is 9.80. The van der Waals surface area contributed by atoms with Crippen LogP contribution < -0.4 is 10.2 Å². The molecule has 158 valence electrons. The maximum atomic E-state index is 13.7. The van der Waals surface area contributed by atoms with Gasteiger partial charge in [0.1, 0.15) is 0 Å². The summed E-state index contributed by atoms with van der Waals surface area (Å²) in [6, 6.07) is 11.4. The molecule has 3 heterocycles. The Bertz CT molecular complexity index is 1240. The van der Waals surface area contributed by atoms with Crippen molar-refractivity contribution in [1.29, 1.82) is 5.41 Å². The van der Waals surface area contributed by atoms with E-state index in [0.29, 0.717) is 27.6 Å². The van der Waals surface area contributed by atoms with E-state index in [1.165, 1.54) is 0 Å². The average Bonchev–Trinajstić information content (AvgIpc) is 3.15. The van der Waals surface area contributed by atoms with E-state index in [-0.39, 0.29) is 16.0 Å². The molecule has 1 unspecified atom stereocenters. The summed E-state index contributed by atoms with van der Waals surface area (Å²) in [5.74, 6) is -0.654. The van der Waals surface area contributed by atoms with Crippen molar-refractivity contribution in [3.63, 3.8) is 0 Å². The standard InChI is InChI=1S/C23H19Cl2N3O2S/c1-22(2)10-23(3,11-4-6-12(24)7-5-11)15-9-13(25)8-14-16(20(30)28(22)17(14)15)18-19(29)27-21(26)31-18/h4-9H,10H2,1-3H3,(H2,26,27,29). The number of nitrogens with one attached hydrogen (secondary N) is 2. The maximum absolute atomic E-state index is 13.7. The molecule has 0 aromatic heterocycles. The van der Waals surface area contributed by atoms with Crippen molar-refractivity contribution in [3.8, 4) is 0 Å². The summed E-state index contributed by atoms with van der Waals surface area (Å²) in [5.41, 5.74) is 2.84. The summed E-state index contributed by atoms with van der Waals surface area (Å²) < 4.78 is 0. The molecule has 31 heavy (non-hydrogen) atoms. The number of thioether (sulfide) groups is 1. The number of benzene rings is 2. The SMILES string of the molecule is CC1(c2ccc(Cl)cc2)CC(C)(C)N2C(=O)C(=C3SC(=N)NC3=O)c3cc(Cl)cc1c32. The van der Waals surface area contributed by atoms with Gasteiger partial charge in [-0.3, -0.25) is 15.0 Å². The average molecular weight is 472 g/mol. The minimum atomic E-state index is -0.517. The molecule has 5 rings (SSSR count). The fourth-order valence-corrected chi connectivity index (χ4v) is 6.33. The number of hydrogen-bond acceptors (Lipinski definition) is 4. The third-order valence-electron chi connectivity index (χ3n) is 6.32. The lowest BCUT2D eigenvalue weighted by Crippen LogP contribution is -2.54. The van der Waals surface area contributed by atoms with Crippen LogP contribution in [0.1, 0.15) is 43.9 Å². The Morgan fingerprint density at radius 2 is 1.74 bits per heavy atom. The van der Waals surface area contributed by atoms with Crippen molar-refractivity contribution in [2.45, 2.75) is 38.1 Å². The first-order valence-corrected chi connectivity index (χ1v) is 11.4. The molecule has 5 nitrogen and oxygen atoms in total. The predicted molar refractivity (Wildman–Crippen MR) is 126 cm³/mol. The Hall–Kier alpha value is -2.28. The van der Waals surface area contributed by atoms with Crippen LogP contribution >= 0.6 is 35.0 Å². The van der Waals surface area contributed by atoms with Crippen LogP contribution in [0, 0.1) is 5.41 Å². The van der Waals surface area contributed by atoms with Gasteiger partial charge in [-0.25, -0.2) is 0 Å². The van der Waals surface area contributed by atoms with E-state index in [2.05, 4.69) is 12.2 Å². The molecule has 1 fully saturated rings. The van der Waals surface area contributed by atoms with Crippen LogP contribution in [-0.2, 0) is 15.0 Å². The molecule has 0 saturated carbocycles. The van der Waals surface area contributed by atoms with Crippen LogP contribution in [0.5, 0.6) is 0 Å². The summed E-state index contributed by atoms with van der Waals surface area (Å²) in [6.45, 7) is 6.24. The zero-order chi connectivity index (χ0) is 22.3. The van der Waals surface area contributed by atoms with Gasteiger partial charge in [0.05, 0.1) is 16.2 Å². The van der Waals surface area contributed by atoms with E-state index in [1.807, 2.05) is 44.2 Å². The molecule has 3 aliphatic heterocycles. The van der Waals surface area contributed by atoms with Crippen LogP contribution in [0.4, 0.5) is 5.69 Å². The summed E-state index contributed by atoms with van der Waals surface area (Å²) >= 11 is 13.7. The molecule has 2 aromatic carbocycles. The van der Waals surface area contributed by atoms with Gasteiger partial charge in [0.15, 0.2) is 5.17 Å². The Morgan fingerprint density at radius 1 is 1.06 bits per heavy atom. The van der Waals surface area contributed by atoms with E-state index in [0.717, 1.165) is 28.6 Å². The third-order valence-corrected chi connectivity index (χ3v) is 7.69. The number of halogens is 2. The molecule has 3 aliphatic rings. The first-order chi connectivity index (χ1) is 14.5. The Balaban J connectivity index is 1.84. The molecule has 8 heteroatoms. The molecule has 1 saturated heterocycles. The number of amidine groups is 1. The van der Waals surface area contributed by atoms with Crippen molar-refractivity contribution in [1.82, 2.24) is 5.32 Å². The number of hydrogen-bond donors (Lipinski definition) is 2. The van der Waals surface area contributed by atoms with Crippen molar-refractivity contribution in [2.75, 3.05) is 4.90 Å². The summed E-state index contributed by atoms with van der Waals surface area (Å²) in [6.07, 6.45) is 0.665. The molecular formula is C23H19Cl2N3O2S. The van der Waals surface area contributed by atoms with Gasteiger partial charge in [-0.1, -0.05) is 42.3 Å². The van der Waals surface area contributed by atoms with E-state index < -0.39 is 16.9 Å². The van der Waals surface area contributed by atoms with Crippen LogP contribution in [-0.4, -0.2) is 22.5 Å². The monoisotopic (exact) mass is 471 g/mol. The number of rotatable bonds is 1. The molecule has 0 aliphatic carbocycles. The summed E-state index contributed by atoms with van der Waals surface area (Å²) in [5, 5.41) is 11.5. The fraction of sp³-hybridized carbons (Fsp3) is 0.261. The van der Waals surface area contributed by atoms with Gasteiger partial charge in [0.2, 0.25) is 0 Å². The molecule has 2 N–H and O–H groups in total. The zero-order valence-corrected chi connectivity index (χ0v) is 19.4. The van der Waals surface area contributed by atoms with E-state index >= 15 is 0 Å². The maximum Gasteiger partial charge on any atom is 0.264 e. The Morgan fingerprint density at radius 3 is 2.35 bits per heavy atom. The molecule has 0 bridgehead atoms. The normalized spacial score (nSPS) is 26.4. The van der Waals surface area contributed by atoms with Crippen molar-refractivity contribution in [3.05, 3.63) is 68.0 Å². The lowest BCUT2D eigenvalue weighted by molar-refractivity contribution is -0.116. The zero-order valence-electron chi connectivity index (χ0n) is 17.1. The second-order valence-electron chi connectivity index (χ2n) is 8.91. The quantitative estimate of drug-likeness (QED) is 0.551. The summed E-state index contributed by atoms with van der Waals surface area (Å²) in [4.78, 5) is 28.2. The van der Waals surface area contributed by atoms with Crippen molar-refractivity contribution >= 4 is 63.2 Å². The van der Waals surface area contributed by atoms with Crippen LogP contribution in [0.25, 0.3) is 5.57 Å². The second-order valence-corrected chi connectivity index (χ2v) is 10.8. The largest absolute Gasteiger partial charge is 0.302 e. The molecule has 2 amide bonds. The number of amides is 2. The van der Waals surface area contributed by atoms with Gasteiger partial charge in [0, 0.05) is 26.6 Å². The van der Waals surface area contributed by atoms with Gasteiger partial charge in [-0.15, -0.1) is 0 Å². The van der Waals surface area contributed by atoms with Crippen LogP contribution in [0.15, 0.2) is 41.3 Å². The molecular weight excluding hydrogens is 453 g/mol.